The zero-order valence-corrected chi connectivity index (χ0v) is 16.0. The van der Waals surface area contributed by atoms with E-state index in [-0.39, 0.29) is 19.2 Å². The number of fused-ring (bicyclic) bond motifs is 2. The van der Waals surface area contributed by atoms with E-state index in [2.05, 4.69) is 5.32 Å². The molecule has 0 bridgehead atoms. The summed E-state index contributed by atoms with van der Waals surface area (Å²) in [5.41, 5.74) is 0.426. The van der Waals surface area contributed by atoms with Crippen LogP contribution in [0.3, 0.4) is 0 Å². The molecule has 0 radical (unpaired) electrons. The number of nitrogens with zero attached hydrogens (tertiary/aromatic N) is 1. The minimum Gasteiger partial charge on any atom is -0.486 e. The summed E-state index contributed by atoms with van der Waals surface area (Å²) in [4.78, 5) is 12.6. The van der Waals surface area contributed by atoms with Gasteiger partial charge in [-0.3, -0.25) is 9.10 Å². The summed E-state index contributed by atoms with van der Waals surface area (Å²) in [6.07, 6.45) is -0.198. The van der Waals surface area contributed by atoms with Crippen molar-refractivity contribution in [3.63, 3.8) is 0 Å². The van der Waals surface area contributed by atoms with Crippen molar-refractivity contribution < 1.29 is 27.4 Å². The molecule has 0 fully saturated rings. The third-order valence-electron chi connectivity index (χ3n) is 4.50. The fraction of sp³-hybridized carbons (Fsp3) is 0.316. The lowest BCUT2D eigenvalue weighted by Gasteiger charge is -2.34. The number of hydrogen-bond donors (Lipinski definition) is 1. The number of amides is 1. The van der Waals surface area contributed by atoms with Crippen LogP contribution < -0.4 is 23.8 Å². The number of carbonyl (C=O) groups excluding carboxylic acids is 1. The molecule has 1 amide bonds. The van der Waals surface area contributed by atoms with Crippen LogP contribution in [-0.2, 0) is 14.8 Å². The highest BCUT2D eigenvalue weighted by Gasteiger charge is 2.35. The third-order valence-corrected chi connectivity index (χ3v) is 5.65. The first-order valence-corrected chi connectivity index (χ1v) is 10.7. The molecule has 28 heavy (non-hydrogen) atoms. The summed E-state index contributed by atoms with van der Waals surface area (Å²) in [7, 11) is -3.55. The van der Waals surface area contributed by atoms with Crippen LogP contribution in [0.15, 0.2) is 48.5 Å². The predicted octanol–water partition coefficient (Wildman–Crippen LogP) is 1.17. The van der Waals surface area contributed by atoms with Crippen molar-refractivity contribution in [2.45, 2.75) is 12.2 Å². The molecule has 2 atom stereocenters. The van der Waals surface area contributed by atoms with Crippen LogP contribution in [0.2, 0.25) is 0 Å². The average Bonchev–Trinajstić information content (AvgIpc) is 2.70. The summed E-state index contributed by atoms with van der Waals surface area (Å²) in [5.74, 6) is 1.23. The Hall–Kier alpha value is -2.94. The number of benzene rings is 2. The normalized spacial score (nSPS) is 20.7. The van der Waals surface area contributed by atoms with Crippen molar-refractivity contribution in [1.82, 2.24) is 5.32 Å². The van der Waals surface area contributed by atoms with Crippen LogP contribution >= 0.6 is 0 Å². The van der Waals surface area contributed by atoms with Crippen molar-refractivity contribution >= 4 is 21.6 Å². The van der Waals surface area contributed by atoms with E-state index in [0.717, 1.165) is 6.26 Å². The van der Waals surface area contributed by atoms with Gasteiger partial charge in [0.15, 0.2) is 17.6 Å². The van der Waals surface area contributed by atoms with Crippen LogP contribution in [0.5, 0.6) is 17.2 Å². The Bertz CT molecular complexity index is 993. The van der Waals surface area contributed by atoms with Gasteiger partial charge in [0.1, 0.15) is 18.5 Å². The van der Waals surface area contributed by atoms with Crippen LogP contribution in [0.25, 0.3) is 0 Å². The van der Waals surface area contributed by atoms with Gasteiger partial charge in [-0.15, -0.1) is 0 Å². The van der Waals surface area contributed by atoms with Gasteiger partial charge in [-0.05, 0) is 24.3 Å². The molecule has 2 unspecified atom stereocenters. The maximum absolute atomic E-state index is 12.6. The van der Waals surface area contributed by atoms with Gasteiger partial charge in [0.05, 0.1) is 25.0 Å². The molecule has 2 aliphatic rings. The fourth-order valence-electron chi connectivity index (χ4n) is 3.14. The molecule has 9 heteroatoms. The van der Waals surface area contributed by atoms with Crippen LogP contribution in [0, 0.1) is 0 Å². The molecule has 0 spiro atoms. The lowest BCUT2D eigenvalue weighted by Crippen LogP contribution is -2.52. The molecular formula is C19H20N2O6S. The first-order chi connectivity index (χ1) is 13.4. The molecule has 2 heterocycles. The van der Waals surface area contributed by atoms with Crippen molar-refractivity contribution in [2.75, 3.05) is 30.3 Å². The van der Waals surface area contributed by atoms with Gasteiger partial charge < -0.3 is 19.5 Å². The Balaban J connectivity index is 1.42. The van der Waals surface area contributed by atoms with E-state index in [0.29, 0.717) is 29.5 Å². The standard InChI is InChI=1S/C19H20N2O6S/c1-28(23,24)21-11-18(27-15-7-3-2-6-14(15)21)19(22)20-10-13-12-25-16-8-4-5-9-17(16)26-13/h2-9,13,18H,10-12H2,1H3,(H,20,22). The van der Waals surface area contributed by atoms with E-state index in [9.17, 15) is 13.2 Å². The van der Waals surface area contributed by atoms with E-state index in [4.69, 9.17) is 14.2 Å². The van der Waals surface area contributed by atoms with Crippen molar-refractivity contribution in [3.8, 4) is 17.2 Å². The highest BCUT2D eigenvalue weighted by atomic mass is 32.2. The lowest BCUT2D eigenvalue weighted by atomic mass is 10.2. The minimum absolute atomic E-state index is 0.0907. The summed E-state index contributed by atoms with van der Waals surface area (Å²) < 4.78 is 42.6. The molecule has 0 saturated carbocycles. The Morgan fingerprint density at radius 3 is 2.50 bits per heavy atom. The van der Waals surface area contributed by atoms with Gasteiger partial charge >= 0.3 is 0 Å². The number of carbonyl (C=O) groups is 1. The second-order valence-corrected chi connectivity index (χ2v) is 8.52. The maximum Gasteiger partial charge on any atom is 0.263 e. The van der Waals surface area contributed by atoms with Gasteiger partial charge in [0.2, 0.25) is 10.0 Å². The summed E-state index contributed by atoms with van der Waals surface area (Å²) >= 11 is 0. The summed E-state index contributed by atoms with van der Waals surface area (Å²) in [5, 5.41) is 2.77. The molecule has 148 valence electrons. The number of rotatable bonds is 4. The SMILES string of the molecule is CS(=O)(=O)N1CC(C(=O)NCC2COc3ccccc3O2)Oc2ccccc21. The van der Waals surface area contributed by atoms with Crippen LogP contribution in [0.4, 0.5) is 5.69 Å². The number of anilines is 1. The molecule has 0 aliphatic carbocycles. The molecular weight excluding hydrogens is 384 g/mol. The van der Waals surface area contributed by atoms with E-state index in [1.165, 1.54) is 4.31 Å². The molecule has 2 aromatic carbocycles. The zero-order chi connectivity index (χ0) is 19.7. The molecule has 8 nitrogen and oxygen atoms in total. The molecule has 0 saturated heterocycles. The lowest BCUT2D eigenvalue weighted by molar-refractivity contribution is -0.128. The van der Waals surface area contributed by atoms with Gasteiger partial charge in [-0.2, -0.15) is 0 Å². The number of ether oxygens (including phenoxy) is 3. The molecule has 2 aromatic rings. The Labute approximate surface area is 163 Å². The average molecular weight is 404 g/mol. The Kier molecular flexibility index (Phi) is 4.76. The van der Waals surface area contributed by atoms with E-state index < -0.39 is 22.0 Å². The third kappa shape index (κ3) is 3.70. The quantitative estimate of drug-likeness (QED) is 0.822. The second-order valence-electron chi connectivity index (χ2n) is 6.61. The maximum atomic E-state index is 12.6. The van der Waals surface area contributed by atoms with Gasteiger partial charge in [-0.25, -0.2) is 8.42 Å². The van der Waals surface area contributed by atoms with E-state index >= 15 is 0 Å². The van der Waals surface area contributed by atoms with E-state index in [1.54, 1.807) is 30.3 Å². The largest absolute Gasteiger partial charge is 0.486 e. The predicted molar refractivity (Wildman–Crippen MR) is 102 cm³/mol. The topological polar surface area (TPSA) is 94.2 Å². The van der Waals surface area contributed by atoms with Crippen molar-refractivity contribution in [1.29, 1.82) is 0 Å². The smallest absolute Gasteiger partial charge is 0.263 e. The number of nitrogens with one attached hydrogen (secondary N) is 1. The van der Waals surface area contributed by atoms with E-state index in [1.807, 2.05) is 18.2 Å². The number of sulfonamides is 1. The van der Waals surface area contributed by atoms with Gasteiger partial charge in [-0.1, -0.05) is 24.3 Å². The monoisotopic (exact) mass is 404 g/mol. The van der Waals surface area contributed by atoms with Crippen molar-refractivity contribution in [3.05, 3.63) is 48.5 Å². The molecule has 4 rings (SSSR count). The van der Waals surface area contributed by atoms with Crippen LogP contribution in [0.1, 0.15) is 0 Å². The Morgan fingerprint density at radius 2 is 1.75 bits per heavy atom. The molecule has 2 aliphatic heterocycles. The highest BCUT2D eigenvalue weighted by molar-refractivity contribution is 7.92. The van der Waals surface area contributed by atoms with Gasteiger partial charge in [0, 0.05) is 0 Å². The number of hydrogen-bond acceptors (Lipinski definition) is 6. The van der Waals surface area contributed by atoms with Crippen LogP contribution in [-0.4, -0.2) is 52.5 Å². The molecule has 0 aromatic heterocycles. The number of para-hydroxylation sites is 4. The Morgan fingerprint density at radius 1 is 1.07 bits per heavy atom. The zero-order valence-electron chi connectivity index (χ0n) is 15.2. The summed E-state index contributed by atoms with van der Waals surface area (Å²) in [6, 6.07) is 14.1. The highest BCUT2D eigenvalue weighted by Crippen LogP contribution is 2.34. The second kappa shape index (κ2) is 7.23. The van der Waals surface area contributed by atoms with Gasteiger partial charge in [0.25, 0.3) is 5.91 Å². The summed E-state index contributed by atoms with van der Waals surface area (Å²) in [6.45, 7) is 0.432. The minimum atomic E-state index is -3.55. The first kappa shape index (κ1) is 18.4. The fourth-order valence-corrected chi connectivity index (χ4v) is 4.06. The van der Waals surface area contributed by atoms with Crippen molar-refractivity contribution in [2.24, 2.45) is 0 Å². The first-order valence-electron chi connectivity index (χ1n) is 8.81. The molecule has 1 N–H and O–H groups in total.